The van der Waals surface area contributed by atoms with Gasteiger partial charge in [-0.3, -0.25) is 9.59 Å². The first-order chi connectivity index (χ1) is 21.0. The quantitative estimate of drug-likeness (QED) is 0.107. The lowest BCUT2D eigenvalue weighted by Crippen LogP contribution is -2.17. The number of aryl methyl sites for hydroxylation is 1. The summed E-state index contributed by atoms with van der Waals surface area (Å²) in [6.07, 6.45) is 12.0. The molecule has 0 bridgehead atoms. The maximum absolute atomic E-state index is 11.0. The molecule has 4 aromatic carbocycles. The van der Waals surface area contributed by atoms with E-state index in [1.54, 1.807) is 0 Å². The highest BCUT2D eigenvalue weighted by atomic mass is 16.4. The minimum absolute atomic E-state index is 0.213. The van der Waals surface area contributed by atoms with Crippen molar-refractivity contribution in [3.63, 3.8) is 0 Å². The third kappa shape index (κ3) is 5.82. The summed E-state index contributed by atoms with van der Waals surface area (Å²) >= 11 is 0. The van der Waals surface area contributed by atoms with Crippen LogP contribution >= 0.6 is 0 Å². The lowest BCUT2D eigenvalue weighted by molar-refractivity contribution is -0.436. The van der Waals surface area contributed by atoms with Crippen LogP contribution in [0.2, 0.25) is 0 Å². The Morgan fingerprint density at radius 2 is 1.37 bits per heavy atom. The molecule has 0 spiro atoms. The van der Waals surface area contributed by atoms with E-state index >= 15 is 0 Å². The predicted octanol–water partition coefficient (Wildman–Crippen LogP) is 7.44. The molecule has 6 nitrogen and oxygen atoms in total. The number of aliphatic carboxylic acids is 2. The molecule has 2 N–H and O–H groups in total. The van der Waals surface area contributed by atoms with E-state index in [0.29, 0.717) is 12.8 Å². The number of allylic oxidation sites excluding steroid dienone is 2. The number of hydrogen-bond donors (Lipinski definition) is 2. The molecular weight excluding hydrogens is 536 g/mol. The van der Waals surface area contributed by atoms with E-state index in [-0.39, 0.29) is 12.8 Å². The molecule has 6 rings (SSSR count). The third-order valence-corrected chi connectivity index (χ3v) is 8.53. The van der Waals surface area contributed by atoms with Gasteiger partial charge in [0, 0.05) is 59.6 Å². The van der Waals surface area contributed by atoms with Crippen LogP contribution < -0.4 is 5.35 Å². The van der Waals surface area contributed by atoms with Gasteiger partial charge in [0.1, 0.15) is 6.54 Å². The first kappa shape index (κ1) is 28.4. The van der Waals surface area contributed by atoms with E-state index in [0.717, 1.165) is 49.8 Å². The summed E-state index contributed by atoms with van der Waals surface area (Å²) in [6, 6.07) is 25.8. The van der Waals surface area contributed by atoms with Crippen molar-refractivity contribution in [3.05, 3.63) is 95.9 Å². The van der Waals surface area contributed by atoms with Crippen molar-refractivity contribution in [3.8, 4) is 0 Å². The fourth-order valence-corrected chi connectivity index (χ4v) is 6.59. The molecule has 0 saturated heterocycles. The molecule has 0 fully saturated rings. The highest BCUT2D eigenvalue weighted by molar-refractivity contribution is 6.20. The van der Waals surface area contributed by atoms with Crippen LogP contribution in [0.1, 0.15) is 56.9 Å². The molecular formula is C37H37N2O4+. The maximum Gasteiger partial charge on any atom is 0.303 e. The van der Waals surface area contributed by atoms with Gasteiger partial charge in [0.25, 0.3) is 0 Å². The number of hydrogen-bond acceptors (Lipinski definition) is 2. The highest BCUT2D eigenvalue weighted by Gasteiger charge is 2.29. The fraction of sp³-hybridized carbons (Fsp3) is 0.270. The van der Waals surface area contributed by atoms with Crippen LogP contribution in [0.15, 0.2) is 84.9 Å². The van der Waals surface area contributed by atoms with Crippen LogP contribution in [0.25, 0.3) is 38.5 Å². The second-order valence-electron chi connectivity index (χ2n) is 11.4. The Morgan fingerprint density at radius 1 is 0.721 bits per heavy atom. The predicted molar refractivity (Wildman–Crippen MR) is 173 cm³/mol. The van der Waals surface area contributed by atoms with E-state index in [2.05, 4.69) is 100 Å². The van der Waals surface area contributed by atoms with E-state index < -0.39 is 11.9 Å². The average molecular weight is 574 g/mol. The minimum Gasteiger partial charge on any atom is -0.481 e. The minimum atomic E-state index is -0.736. The molecule has 2 heterocycles. The number of unbranched alkanes of at least 4 members (excludes halogenated alkanes) is 4. The van der Waals surface area contributed by atoms with Gasteiger partial charge in [-0.15, -0.1) is 0 Å². The number of carbonyl (C=O) groups is 2. The number of benzene rings is 4. The normalized spacial score (nSPS) is 13.4. The van der Waals surface area contributed by atoms with Crippen molar-refractivity contribution in [2.45, 2.75) is 57.9 Å². The molecule has 0 amide bonds. The van der Waals surface area contributed by atoms with Crippen molar-refractivity contribution in [1.82, 2.24) is 4.57 Å². The monoisotopic (exact) mass is 573 g/mol. The van der Waals surface area contributed by atoms with Crippen LogP contribution in [0, 0.1) is 0 Å². The van der Waals surface area contributed by atoms with Gasteiger partial charge in [-0.2, -0.15) is 4.58 Å². The standard InChI is InChI=1S/C37H36N2O4/c40-34(41)22-3-1-5-24-38-30(28-16-7-12-26-14-9-20-32(38)36(26)28)18-11-19-31-29-17-8-13-27-15-10-21-33(37(27)29)39(31)25-6-2-4-23-35(42)43/h7-21H,1-6,22-25H2,(H-,40,41,42,43)/p+1. The molecule has 0 saturated carbocycles. The molecule has 1 aromatic heterocycles. The Morgan fingerprint density at radius 3 is 2.12 bits per heavy atom. The second-order valence-corrected chi connectivity index (χ2v) is 11.4. The summed E-state index contributed by atoms with van der Waals surface area (Å²) < 4.78 is 4.77. The van der Waals surface area contributed by atoms with Gasteiger partial charge in [-0.05, 0) is 54.7 Å². The number of aromatic nitrogens is 1. The van der Waals surface area contributed by atoms with Gasteiger partial charge in [0.15, 0.2) is 0 Å². The number of nitrogens with zero attached hydrogens (tertiary/aromatic N) is 2. The van der Waals surface area contributed by atoms with E-state index in [1.165, 1.54) is 43.7 Å². The number of carboxylic acid groups (broad SMARTS) is 2. The highest BCUT2D eigenvalue weighted by Crippen LogP contribution is 2.35. The van der Waals surface area contributed by atoms with Crippen molar-refractivity contribution in [2.75, 3.05) is 6.54 Å². The molecule has 43 heavy (non-hydrogen) atoms. The second kappa shape index (κ2) is 12.7. The van der Waals surface area contributed by atoms with Gasteiger partial charge in [-0.25, -0.2) is 0 Å². The Kier molecular flexibility index (Phi) is 8.36. The van der Waals surface area contributed by atoms with E-state index in [4.69, 9.17) is 10.2 Å². The summed E-state index contributed by atoms with van der Waals surface area (Å²) in [7, 11) is 0. The van der Waals surface area contributed by atoms with Crippen molar-refractivity contribution in [1.29, 1.82) is 0 Å². The van der Waals surface area contributed by atoms with Crippen molar-refractivity contribution < 1.29 is 24.4 Å². The molecule has 0 atom stereocenters. The summed E-state index contributed by atoms with van der Waals surface area (Å²) in [5.41, 5.74) is 4.80. The topological polar surface area (TPSA) is 82.5 Å². The van der Waals surface area contributed by atoms with Crippen molar-refractivity contribution in [2.24, 2.45) is 0 Å². The zero-order chi connectivity index (χ0) is 29.8. The summed E-state index contributed by atoms with van der Waals surface area (Å²) in [5.74, 6) is -1.47. The molecule has 218 valence electrons. The zero-order valence-electron chi connectivity index (χ0n) is 24.3. The van der Waals surface area contributed by atoms with Crippen LogP contribution in [-0.4, -0.2) is 43.6 Å². The van der Waals surface area contributed by atoms with Crippen LogP contribution in [-0.2, 0) is 16.1 Å². The first-order valence-corrected chi connectivity index (χ1v) is 15.3. The summed E-state index contributed by atoms with van der Waals surface area (Å²) in [6.45, 7) is 1.66. The van der Waals surface area contributed by atoms with Gasteiger partial charge < -0.3 is 14.8 Å². The Balaban J connectivity index is 1.37. The fourth-order valence-electron chi connectivity index (χ4n) is 6.59. The van der Waals surface area contributed by atoms with E-state index in [9.17, 15) is 9.59 Å². The smallest absolute Gasteiger partial charge is 0.303 e. The van der Waals surface area contributed by atoms with Crippen LogP contribution in [0.5, 0.6) is 0 Å². The summed E-state index contributed by atoms with van der Waals surface area (Å²) in [5, 5.41) is 25.4. The Bertz CT molecular complexity index is 1940. The zero-order valence-corrected chi connectivity index (χ0v) is 24.3. The molecule has 1 aliphatic rings. The van der Waals surface area contributed by atoms with Crippen LogP contribution in [0.4, 0.5) is 5.69 Å². The number of carboxylic acids is 2. The molecule has 0 unspecified atom stereocenters. The largest absolute Gasteiger partial charge is 0.481 e. The molecule has 5 aromatic rings. The molecule has 0 aliphatic carbocycles. The molecule has 0 radical (unpaired) electrons. The molecule has 1 aliphatic heterocycles. The van der Waals surface area contributed by atoms with E-state index in [1.807, 2.05) is 0 Å². The third-order valence-electron chi connectivity index (χ3n) is 8.53. The Labute approximate surface area is 250 Å². The first-order valence-electron chi connectivity index (χ1n) is 15.3. The maximum atomic E-state index is 11.0. The van der Waals surface area contributed by atoms with Gasteiger partial charge in [-0.1, -0.05) is 67.1 Å². The Hall–Kier alpha value is -4.71. The molecule has 6 heteroatoms. The van der Waals surface area contributed by atoms with Gasteiger partial charge >= 0.3 is 11.9 Å². The average Bonchev–Trinajstić information content (AvgIpc) is 3.47. The lowest BCUT2D eigenvalue weighted by atomic mass is 10.0. The van der Waals surface area contributed by atoms with Crippen molar-refractivity contribution >= 4 is 61.9 Å². The SMILES string of the molecule is O=C(O)CCCCCn1c(=CC=CC2=[N+](CCCCCC(=O)O)c3cccc4cccc2c34)c2cccc3cccc1c32. The summed E-state index contributed by atoms with van der Waals surface area (Å²) in [4.78, 5) is 22.0. The van der Waals surface area contributed by atoms with Crippen LogP contribution in [0.3, 0.4) is 0 Å². The van der Waals surface area contributed by atoms with Gasteiger partial charge in [0.2, 0.25) is 11.4 Å². The lowest BCUT2D eigenvalue weighted by Gasteiger charge is -2.06. The number of rotatable bonds is 14. The van der Waals surface area contributed by atoms with Gasteiger partial charge in [0.05, 0.1) is 10.9 Å².